The van der Waals surface area contributed by atoms with Gasteiger partial charge in [0.05, 0.1) is 11.6 Å². The minimum absolute atomic E-state index is 0.177. The fourth-order valence-electron chi connectivity index (χ4n) is 2.45. The third-order valence-corrected chi connectivity index (χ3v) is 3.41. The molecule has 0 aliphatic heterocycles. The van der Waals surface area contributed by atoms with Crippen molar-refractivity contribution in [2.45, 2.75) is 12.8 Å². The summed E-state index contributed by atoms with van der Waals surface area (Å²) in [5.74, 6) is -0.296. The molecule has 0 radical (unpaired) electrons. The number of aryl methyl sites for hydroxylation is 2. The van der Waals surface area contributed by atoms with Crippen molar-refractivity contribution in [3.63, 3.8) is 0 Å². The van der Waals surface area contributed by atoms with E-state index in [1.54, 1.807) is 30.3 Å². The summed E-state index contributed by atoms with van der Waals surface area (Å²) in [7, 11) is 0. The number of hydrogen-bond donors (Lipinski definition) is 0. The van der Waals surface area contributed by atoms with Crippen molar-refractivity contribution in [3.8, 4) is 6.07 Å². The van der Waals surface area contributed by atoms with E-state index >= 15 is 0 Å². The van der Waals surface area contributed by atoms with Crippen LogP contribution >= 0.6 is 0 Å². The molecule has 0 saturated carbocycles. The minimum Gasteiger partial charge on any atom is -0.618 e. The van der Waals surface area contributed by atoms with Gasteiger partial charge in [0.15, 0.2) is 6.20 Å². The Morgan fingerprint density at radius 3 is 2.79 bits per heavy atom. The van der Waals surface area contributed by atoms with Gasteiger partial charge < -0.3 is 5.21 Å². The van der Waals surface area contributed by atoms with Crippen molar-refractivity contribution in [1.82, 2.24) is 0 Å². The predicted molar refractivity (Wildman–Crippen MR) is 67.4 cm³/mol. The van der Waals surface area contributed by atoms with Gasteiger partial charge in [-0.2, -0.15) is 9.99 Å². The first-order valence-electron chi connectivity index (χ1n) is 5.99. The van der Waals surface area contributed by atoms with E-state index in [4.69, 9.17) is 5.26 Å². The summed E-state index contributed by atoms with van der Waals surface area (Å²) >= 11 is 0. The fourth-order valence-corrected chi connectivity index (χ4v) is 2.45. The number of ketones is 1. The number of carbonyl (C=O) groups excluding carboxylic acids is 1. The average Bonchev–Trinajstić information content (AvgIpc) is 2.57. The topological polar surface area (TPSA) is 67.8 Å². The molecule has 0 fully saturated rings. The van der Waals surface area contributed by atoms with E-state index in [1.165, 1.54) is 6.20 Å². The fraction of sp³-hybridized carbons (Fsp3) is 0.133. The predicted octanol–water partition coefficient (Wildman–Crippen LogP) is 1.52. The SMILES string of the molecule is N#Cc1ccc2c(c1)C(=O)c1c(ccc[n+]1[O-])CC2. The lowest BCUT2D eigenvalue weighted by molar-refractivity contribution is -0.607. The number of rotatable bonds is 0. The van der Waals surface area contributed by atoms with E-state index in [-0.39, 0.29) is 11.5 Å². The van der Waals surface area contributed by atoms with E-state index in [0.29, 0.717) is 28.7 Å². The van der Waals surface area contributed by atoms with Crippen LogP contribution in [-0.4, -0.2) is 5.78 Å². The number of hydrogen-bond acceptors (Lipinski definition) is 3. The highest BCUT2D eigenvalue weighted by Crippen LogP contribution is 2.23. The molecular formula is C15H10N2O2. The van der Waals surface area contributed by atoms with Crippen molar-refractivity contribution in [2.75, 3.05) is 0 Å². The van der Waals surface area contributed by atoms with Crippen LogP contribution in [0, 0.1) is 16.5 Å². The van der Waals surface area contributed by atoms with Crippen molar-refractivity contribution in [3.05, 3.63) is 69.7 Å². The Morgan fingerprint density at radius 2 is 2.00 bits per heavy atom. The maximum Gasteiger partial charge on any atom is 0.268 e. The Labute approximate surface area is 110 Å². The Bertz CT molecular complexity index is 729. The second kappa shape index (κ2) is 4.21. The van der Waals surface area contributed by atoms with Crippen LogP contribution in [0.15, 0.2) is 36.5 Å². The Morgan fingerprint density at radius 1 is 1.21 bits per heavy atom. The third-order valence-electron chi connectivity index (χ3n) is 3.41. The molecular weight excluding hydrogens is 240 g/mol. The van der Waals surface area contributed by atoms with Crippen molar-refractivity contribution >= 4 is 5.78 Å². The van der Waals surface area contributed by atoms with E-state index in [1.807, 2.05) is 6.07 Å². The molecule has 19 heavy (non-hydrogen) atoms. The number of nitriles is 1. The molecule has 0 unspecified atom stereocenters. The molecule has 1 heterocycles. The van der Waals surface area contributed by atoms with Gasteiger partial charge in [-0.1, -0.05) is 6.07 Å². The van der Waals surface area contributed by atoms with Gasteiger partial charge >= 0.3 is 0 Å². The van der Waals surface area contributed by atoms with Gasteiger partial charge in [0.1, 0.15) is 0 Å². The smallest absolute Gasteiger partial charge is 0.268 e. The maximum absolute atomic E-state index is 12.5. The highest BCUT2D eigenvalue weighted by Gasteiger charge is 2.28. The molecule has 1 aliphatic carbocycles. The lowest BCUT2D eigenvalue weighted by atomic mass is 9.99. The van der Waals surface area contributed by atoms with Crippen LogP contribution in [-0.2, 0) is 12.8 Å². The number of carbonyl (C=O) groups is 1. The molecule has 4 nitrogen and oxygen atoms in total. The van der Waals surface area contributed by atoms with Crippen LogP contribution in [0.4, 0.5) is 0 Å². The lowest BCUT2D eigenvalue weighted by Gasteiger charge is -2.06. The third kappa shape index (κ3) is 1.76. The standard InChI is InChI=1S/C15H10N2O2/c16-9-10-3-4-11-5-6-12-2-1-7-17(19)14(12)15(18)13(11)8-10/h1-4,7-8H,5-6H2. The first-order chi connectivity index (χ1) is 9.20. The van der Waals surface area contributed by atoms with Crippen molar-refractivity contribution in [2.24, 2.45) is 0 Å². The molecule has 0 amide bonds. The first-order valence-corrected chi connectivity index (χ1v) is 5.99. The molecule has 1 aliphatic rings. The van der Waals surface area contributed by atoms with Gasteiger partial charge in [0.25, 0.3) is 11.5 Å². The zero-order chi connectivity index (χ0) is 13.4. The second-order valence-electron chi connectivity index (χ2n) is 4.52. The molecule has 1 aromatic heterocycles. The van der Waals surface area contributed by atoms with Gasteiger partial charge in [-0.05, 0) is 36.6 Å². The van der Waals surface area contributed by atoms with Gasteiger partial charge in [-0.3, -0.25) is 4.79 Å². The highest BCUT2D eigenvalue weighted by atomic mass is 16.5. The number of fused-ring (bicyclic) bond motifs is 2. The summed E-state index contributed by atoms with van der Waals surface area (Å²) < 4.78 is 0.617. The van der Waals surface area contributed by atoms with E-state index in [2.05, 4.69) is 0 Å². The van der Waals surface area contributed by atoms with Crippen LogP contribution in [0.25, 0.3) is 0 Å². The quantitative estimate of drug-likeness (QED) is 0.526. The molecule has 4 heteroatoms. The molecule has 0 atom stereocenters. The first kappa shape index (κ1) is 11.4. The zero-order valence-electron chi connectivity index (χ0n) is 10.1. The van der Waals surface area contributed by atoms with Crippen LogP contribution in [0.3, 0.4) is 0 Å². The summed E-state index contributed by atoms with van der Waals surface area (Å²) in [6.45, 7) is 0. The number of nitrogens with zero attached hydrogens (tertiary/aromatic N) is 2. The number of pyridine rings is 1. The van der Waals surface area contributed by atoms with E-state index < -0.39 is 0 Å². The van der Waals surface area contributed by atoms with Crippen molar-refractivity contribution < 1.29 is 9.52 Å². The molecule has 2 aromatic rings. The summed E-state index contributed by atoms with van der Waals surface area (Å²) in [5, 5.41) is 20.7. The molecule has 92 valence electrons. The highest BCUT2D eigenvalue weighted by molar-refractivity contribution is 6.09. The van der Waals surface area contributed by atoms with E-state index in [9.17, 15) is 10.0 Å². The zero-order valence-corrected chi connectivity index (χ0v) is 10.1. The van der Waals surface area contributed by atoms with Crippen LogP contribution in [0.1, 0.15) is 32.7 Å². The van der Waals surface area contributed by atoms with Crippen LogP contribution < -0.4 is 4.73 Å². The van der Waals surface area contributed by atoms with Crippen LogP contribution in [0.2, 0.25) is 0 Å². The van der Waals surface area contributed by atoms with Gasteiger partial charge in [-0.15, -0.1) is 0 Å². The average molecular weight is 250 g/mol. The normalized spacial score (nSPS) is 13.1. The molecule has 0 spiro atoms. The summed E-state index contributed by atoms with van der Waals surface area (Å²) in [4.78, 5) is 12.5. The summed E-state index contributed by atoms with van der Waals surface area (Å²) in [5.41, 5.74) is 2.73. The van der Waals surface area contributed by atoms with Crippen LogP contribution in [0.5, 0.6) is 0 Å². The summed E-state index contributed by atoms with van der Waals surface area (Å²) in [6, 6.07) is 10.5. The lowest BCUT2D eigenvalue weighted by Crippen LogP contribution is -2.35. The van der Waals surface area contributed by atoms with Gasteiger partial charge in [0.2, 0.25) is 0 Å². The Kier molecular flexibility index (Phi) is 2.53. The monoisotopic (exact) mass is 250 g/mol. The summed E-state index contributed by atoms with van der Waals surface area (Å²) in [6.07, 6.45) is 2.68. The molecule has 0 bridgehead atoms. The minimum atomic E-state index is -0.296. The number of aromatic nitrogens is 1. The Hall–Kier alpha value is -2.67. The maximum atomic E-state index is 12.5. The molecule has 0 saturated heterocycles. The second-order valence-corrected chi connectivity index (χ2v) is 4.52. The molecule has 1 aromatic carbocycles. The largest absolute Gasteiger partial charge is 0.618 e. The van der Waals surface area contributed by atoms with Crippen molar-refractivity contribution in [1.29, 1.82) is 5.26 Å². The molecule has 0 N–H and O–H groups in total. The number of benzene rings is 1. The van der Waals surface area contributed by atoms with E-state index in [0.717, 1.165) is 11.1 Å². The van der Waals surface area contributed by atoms with Gasteiger partial charge in [0, 0.05) is 17.2 Å². The Balaban J connectivity index is 2.25. The molecule has 3 rings (SSSR count). The van der Waals surface area contributed by atoms with Gasteiger partial charge in [-0.25, -0.2) is 0 Å².